The van der Waals surface area contributed by atoms with Gasteiger partial charge in [0, 0.05) is 12.5 Å². The first kappa shape index (κ1) is 17.7. The summed E-state index contributed by atoms with van der Waals surface area (Å²) in [6, 6.07) is 0.369. The van der Waals surface area contributed by atoms with Gasteiger partial charge in [0.05, 0.1) is 0 Å². The molecule has 0 aliphatic heterocycles. The molecule has 18 heavy (non-hydrogen) atoms. The van der Waals surface area contributed by atoms with E-state index in [2.05, 4.69) is 12.2 Å². The number of hydrogen-bond donors (Lipinski definition) is 2. The second-order valence-corrected chi connectivity index (χ2v) is 5.35. The van der Waals surface area contributed by atoms with Crippen molar-refractivity contribution in [2.75, 3.05) is 6.54 Å². The van der Waals surface area contributed by atoms with E-state index in [1.165, 1.54) is 25.7 Å². The van der Waals surface area contributed by atoms with Crippen molar-refractivity contribution >= 4 is 18.3 Å². The highest BCUT2D eigenvalue weighted by molar-refractivity contribution is 5.85. The lowest BCUT2D eigenvalue weighted by molar-refractivity contribution is -0.122. The number of nitrogens with one attached hydrogen (secondary N) is 1. The largest absolute Gasteiger partial charge is 0.353 e. The molecule has 1 unspecified atom stereocenters. The number of nitrogens with two attached hydrogens (primary N) is 1. The van der Waals surface area contributed by atoms with E-state index in [1.54, 1.807) is 0 Å². The van der Waals surface area contributed by atoms with Crippen LogP contribution in [0.1, 0.15) is 64.7 Å². The molecule has 0 bridgehead atoms. The van der Waals surface area contributed by atoms with E-state index in [0.717, 1.165) is 38.1 Å². The van der Waals surface area contributed by atoms with E-state index in [1.807, 2.05) is 0 Å². The Morgan fingerprint density at radius 1 is 1.22 bits per heavy atom. The van der Waals surface area contributed by atoms with Crippen LogP contribution in [0.15, 0.2) is 0 Å². The summed E-state index contributed by atoms with van der Waals surface area (Å²) in [6.07, 6.45) is 10.3. The number of hydrogen-bond acceptors (Lipinski definition) is 2. The minimum atomic E-state index is 0. The molecule has 4 heteroatoms. The van der Waals surface area contributed by atoms with Crippen LogP contribution in [0, 0.1) is 5.92 Å². The molecule has 3 nitrogen and oxygen atoms in total. The quantitative estimate of drug-likeness (QED) is 0.670. The van der Waals surface area contributed by atoms with Gasteiger partial charge in [0.2, 0.25) is 5.91 Å². The van der Waals surface area contributed by atoms with Crippen molar-refractivity contribution in [1.29, 1.82) is 0 Å². The molecule has 1 aliphatic rings. The minimum absolute atomic E-state index is 0. The fourth-order valence-electron chi connectivity index (χ4n) is 2.68. The van der Waals surface area contributed by atoms with Gasteiger partial charge in [-0.3, -0.25) is 4.79 Å². The van der Waals surface area contributed by atoms with Crippen LogP contribution in [0.25, 0.3) is 0 Å². The van der Waals surface area contributed by atoms with Crippen molar-refractivity contribution in [1.82, 2.24) is 5.32 Å². The topological polar surface area (TPSA) is 55.1 Å². The summed E-state index contributed by atoms with van der Waals surface area (Å²) < 4.78 is 0. The molecule has 1 rings (SSSR count). The zero-order chi connectivity index (χ0) is 12.5. The lowest BCUT2D eigenvalue weighted by Crippen LogP contribution is -2.37. The van der Waals surface area contributed by atoms with Gasteiger partial charge in [0.25, 0.3) is 0 Å². The van der Waals surface area contributed by atoms with Crippen LogP contribution in [0.5, 0.6) is 0 Å². The van der Waals surface area contributed by atoms with Gasteiger partial charge in [0.1, 0.15) is 0 Å². The number of halogens is 1. The SMILES string of the molecule is CC(NC(=O)CCCCCCN)C1CCCC1.Cl. The molecule has 108 valence electrons. The molecule has 1 atom stereocenters. The maximum Gasteiger partial charge on any atom is 0.220 e. The van der Waals surface area contributed by atoms with Crippen molar-refractivity contribution < 1.29 is 4.79 Å². The summed E-state index contributed by atoms with van der Waals surface area (Å²) in [5.41, 5.74) is 5.43. The third-order valence-corrected chi connectivity index (χ3v) is 3.85. The Kier molecular flexibility index (Phi) is 10.5. The monoisotopic (exact) mass is 276 g/mol. The Morgan fingerprint density at radius 3 is 2.44 bits per heavy atom. The second-order valence-electron chi connectivity index (χ2n) is 5.35. The van der Waals surface area contributed by atoms with E-state index in [4.69, 9.17) is 5.73 Å². The highest BCUT2D eigenvalue weighted by Crippen LogP contribution is 2.27. The Hall–Kier alpha value is -0.280. The summed E-state index contributed by atoms with van der Waals surface area (Å²) in [7, 11) is 0. The summed E-state index contributed by atoms with van der Waals surface area (Å²) >= 11 is 0. The van der Waals surface area contributed by atoms with Crippen molar-refractivity contribution in [3.05, 3.63) is 0 Å². The smallest absolute Gasteiger partial charge is 0.220 e. The molecule has 1 amide bonds. The molecule has 3 N–H and O–H groups in total. The van der Waals surface area contributed by atoms with Crippen molar-refractivity contribution in [3.63, 3.8) is 0 Å². The lowest BCUT2D eigenvalue weighted by atomic mass is 9.99. The Balaban J connectivity index is 0.00000289. The van der Waals surface area contributed by atoms with E-state index in [9.17, 15) is 4.79 Å². The number of carbonyl (C=O) groups is 1. The number of unbranched alkanes of at least 4 members (excludes halogenated alkanes) is 3. The Labute approximate surface area is 118 Å². The predicted molar refractivity (Wildman–Crippen MR) is 79.0 cm³/mol. The maximum absolute atomic E-state index is 11.7. The van der Waals surface area contributed by atoms with Crippen LogP contribution in [0.4, 0.5) is 0 Å². The number of rotatable bonds is 8. The van der Waals surface area contributed by atoms with Gasteiger partial charge in [-0.25, -0.2) is 0 Å². The Bertz CT molecular complexity index is 218. The predicted octanol–water partition coefficient (Wildman–Crippen LogP) is 3.01. The zero-order valence-electron chi connectivity index (χ0n) is 11.6. The van der Waals surface area contributed by atoms with Crippen LogP contribution in [-0.2, 0) is 4.79 Å². The molecule has 0 saturated heterocycles. The molecule has 0 radical (unpaired) electrons. The number of carbonyl (C=O) groups excluding carboxylic acids is 1. The molecule has 1 fully saturated rings. The first-order chi connectivity index (χ1) is 8.24. The zero-order valence-corrected chi connectivity index (χ0v) is 12.4. The van der Waals surface area contributed by atoms with E-state index in [-0.39, 0.29) is 18.3 Å². The highest BCUT2D eigenvalue weighted by atomic mass is 35.5. The number of amides is 1. The van der Waals surface area contributed by atoms with Gasteiger partial charge >= 0.3 is 0 Å². The van der Waals surface area contributed by atoms with Crippen molar-refractivity contribution in [3.8, 4) is 0 Å². The third kappa shape index (κ3) is 7.22. The maximum atomic E-state index is 11.7. The van der Waals surface area contributed by atoms with Gasteiger partial charge in [0.15, 0.2) is 0 Å². The first-order valence-corrected chi connectivity index (χ1v) is 7.23. The van der Waals surface area contributed by atoms with Crippen molar-refractivity contribution in [2.45, 2.75) is 70.8 Å². The van der Waals surface area contributed by atoms with Gasteiger partial charge in [-0.05, 0) is 45.1 Å². The molecule has 1 aliphatic carbocycles. The van der Waals surface area contributed by atoms with E-state index < -0.39 is 0 Å². The average Bonchev–Trinajstić information content (AvgIpc) is 2.82. The van der Waals surface area contributed by atoms with Crippen LogP contribution >= 0.6 is 12.4 Å². The standard InChI is InChI=1S/C14H28N2O.ClH/c1-12(13-8-5-6-9-13)16-14(17)10-4-2-3-7-11-15;/h12-13H,2-11,15H2,1H3,(H,16,17);1H. The van der Waals surface area contributed by atoms with E-state index in [0.29, 0.717) is 12.5 Å². The van der Waals surface area contributed by atoms with E-state index >= 15 is 0 Å². The molecule has 0 aromatic rings. The third-order valence-electron chi connectivity index (χ3n) is 3.85. The minimum Gasteiger partial charge on any atom is -0.353 e. The fourth-order valence-corrected chi connectivity index (χ4v) is 2.68. The normalized spacial score (nSPS) is 17.2. The van der Waals surface area contributed by atoms with Crippen LogP contribution < -0.4 is 11.1 Å². The molecule has 0 heterocycles. The summed E-state index contributed by atoms with van der Waals surface area (Å²) in [5, 5.41) is 3.15. The molecule has 0 aromatic heterocycles. The Morgan fingerprint density at radius 2 is 1.83 bits per heavy atom. The molecule has 0 spiro atoms. The summed E-state index contributed by atoms with van der Waals surface area (Å²) in [5.74, 6) is 0.952. The van der Waals surface area contributed by atoms with Crippen LogP contribution in [-0.4, -0.2) is 18.5 Å². The molecular formula is C14H29ClN2O. The molecular weight excluding hydrogens is 248 g/mol. The summed E-state index contributed by atoms with van der Waals surface area (Å²) in [6.45, 7) is 2.92. The lowest BCUT2D eigenvalue weighted by Gasteiger charge is -2.20. The average molecular weight is 277 g/mol. The van der Waals surface area contributed by atoms with Gasteiger partial charge in [-0.15, -0.1) is 12.4 Å². The van der Waals surface area contributed by atoms with Gasteiger partial charge in [-0.1, -0.05) is 25.7 Å². The van der Waals surface area contributed by atoms with Crippen LogP contribution in [0.2, 0.25) is 0 Å². The second kappa shape index (κ2) is 10.6. The van der Waals surface area contributed by atoms with Gasteiger partial charge in [-0.2, -0.15) is 0 Å². The highest BCUT2D eigenvalue weighted by Gasteiger charge is 2.22. The molecule has 1 saturated carbocycles. The summed E-state index contributed by atoms with van der Waals surface area (Å²) in [4.78, 5) is 11.7. The van der Waals surface area contributed by atoms with Gasteiger partial charge < -0.3 is 11.1 Å². The fraction of sp³-hybridized carbons (Fsp3) is 0.929. The van der Waals surface area contributed by atoms with Crippen molar-refractivity contribution in [2.24, 2.45) is 11.7 Å². The van der Waals surface area contributed by atoms with Crippen LogP contribution in [0.3, 0.4) is 0 Å². The molecule has 0 aromatic carbocycles. The first-order valence-electron chi connectivity index (χ1n) is 7.23.